The lowest BCUT2D eigenvalue weighted by molar-refractivity contribution is 0.291. The fourth-order valence-corrected chi connectivity index (χ4v) is 2.40. The van der Waals surface area contributed by atoms with Crippen LogP contribution >= 0.6 is 0 Å². The summed E-state index contributed by atoms with van der Waals surface area (Å²) in [7, 11) is 1.97. The molecule has 1 atom stereocenters. The normalized spacial score (nSPS) is 17.8. The topological polar surface area (TPSA) is 53.1 Å². The van der Waals surface area contributed by atoms with Crippen LogP contribution in [0.1, 0.15) is 29.4 Å². The molecule has 94 valence electrons. The number of nitrogens with two attached hydrogens (primary N) is 1. The maximum atomic E-state index is 6.01. The lowest BCUT2D eigenvalue weighted by Gasteiger charge is -2.09. The first kappa shape index (κ1) is 11.3. The highest BCUT2D eigenvalue weighted by molar-refractivity contribution is 5.40. The Morgan fingerprint density at radius 3 is 3.17 bits per heavy atom. The summed E-state index contributed by atoms with van der Waals surface area (Å²) in [6, 6.07) is 6.38. The summed E-state index contributed by atoms with van der Waals surface area (Å²) in [6.45, 7) is 0.494. The van der Waals surface area contributed by atoms with Crippen molar-refractivity contribution in [3.8, 4) is 5.75 Å². The van der Waals surface area contributed by atoms with Crippen molar-refractivity contribution in [3.05, 3.63) is 47.5 Å². The third-order valence-corrected chi connectivity index (χ3v) is 3.53. The average molecular weight is 243 g/mol. The van der Waals surface area contributed by atoms with Gasteiger partial charge in [0.2, 0.25) is 0 Å². The highest BCUT2D eigenvalue weighted by atomic mass is 16.5. The number of hydrogen-bond acceptors (Lipinski definition) is 3. The van der Waals surface area contributed by atoms with E-state index in [2.05, 4.69) is 17.1 Å². The van der Waals surface area contributed by atoms with Gasteiger partial charge < -0.3 is 15.0 Å². The molecule has 0 saturated carbocycles. The third kappa shape index (κ3) is 1.99. The van der Waals surface area contributed by atoms with Gasteiger partial charge in [-0.1, -0.05) is 6.07 Å². The van der Waals surface area contributed by atoms with Crippen LogP contribution in [0.5, 0.6) is 5.75 Å². The van der Waals surface area contributed by atoms with Crippen molar-refractivity contribution in [2.24, 2.45) is 12.8 Å². The molecule has 1 aliphatic carbocycles. The van der Waals surface area contributed by atoms with E-state index in [1.807, 2.05) is 23.9 Å². The van der Waals surface area contributed by atoms with Crippen LogP contribution in [0.25, 0.3) is 0 Å². The Morgan fingerprint density at radius 1 is 1.50 bits per heavy atom. The second kappa shape index (κ2) is 4.46. The molecule has 0 radical (unpaired) electrons. The number of aromatic nitrogens is 2. The van der Waals surface area contributed by atoms with Crippen LogP contribution in [0.15, 0.2) is 30.6 Å². The summed E-state index contributed by atoms with van der Waals surface area (Å²) >= 11 is 0. The minimum atomic E-state index is 0.198. The van der Waals surface area contributed by atoms with Gasteiger partial charge in [0, 0.05) is 25.5 Å². The molecule has 18 heavy (non-hydrogen) atoms. The zero-order valence-corrected chi connectivity index (χ0v) is 10.5. The predicted molar refractivity (Wildman–Crippen MR) is 69.2 cm³/mol. The van der Waals surface area contributed by atoms with E-state index < -0.39 is 0 Å². The second-order valence-electron chi connectivity index (χ2n) is 4.75. The van der Waals surface area contributed by atoms with Crippen LogP contribution in [0.2, 0.25) is 0 Å². The van der Waals surface area contributed by atoms with E-state index in [0.717, 1.165) is 24.4 Å². The van der Waals surface area contributed by atoms with Crippen LogP contribution < -0.4 is 10.5 Å². The number of aryl methyl sites for hydroxylation is 2. The molecule has 4 nitrogen and oxygen atoms in total. The fraction of sp³-hybridized carbons (Fsp3) is 0.357. The summed E-state index contributed by atoms with van der Waals surface area (Å²) < 4.78 is 7.73. The van der Waals surface area contributed by atoms with Gasteiger partial charge in [-0.2, -0.15) is 0 Å². The van der Waals surface area contributed by atoms with E-state index in [9.17, 15) is 0 Å². The smallest absolute Gasteiger partial charge is 0.146 e. The van der Waals surface area contributed by atoms with E-state index in [-0.39, 0.29) is 6.04 Å². The second-order valence-corrected chi connectivity index (χ2v) is 4.75. The van der Waals surface area contributed by atoms with Crippen molar-refractivity contribution in [2.45, 2.75) is 25.5 Å². The van der Waals surface area contributed by atoms with Gasteiger partial charge in [0.15, 0.2) is 0 Å². The Bertz CT molecular complexity index is 562. The molecule has 0 unspecified atom stereocenters. The van der Waals surface area contributed by atoms with Gasteiger partial charge in [-0.05, 0) is 36.1 Å². The molecule has 1 aromatic heterocycles. The summed E-state index contributed by atoms with van der Waals surface area (Å²) in [5, 5.41) is 0. The van der Waals surface area contributed by atoms with Crippen molar-refractivity contribution in [1.29, 1.82) is 0 Å². The summed E-state index contributed by atoms with van der Waals surface area (Å²) in [4.78, 5) is 4.23. The molecular formula is C14H17N3O. The third-order valence-electron chi connectivity index (χ3n) is 3.53. The van der Waals surface area contributed by atoms with Crippen molar-refractivity contribution in [2.75, 3.05) is 0 Å². The number of imidazole rings is 1. The number of benzene rings is 1. The van der Waals surface area contributed by atoms with Gasteiger partial charge in [0.05, 0.1) is 0 Å². The molecule has 1 aliphatic rings. The van der Waals surface area contributed by atoms with Gasteiger partial charge in [0.1, 0.15) is 18.2 Å². The minimum Gasteiger partial charge on any atom is -0.486 e. The van der Waals surface area contributed by atoms with Crippen LogP contribution in [0, 0.1) is 0 Å². The molecule has 0 saturated heterocycles. The zero-order valence-electron chi connectivity index (χ0n) is 10.5. The lowest BCUT2D eigenvalue weighted by Crippen LogP contribution is -2.05. The van der Waals surface area contributed by atoms with E-state index >= 15 is 0 Å². The van der Waals surface area contributed by atoms with Crippen molar-refractivity contribution in [3.63, 3.8) is 0 Å². The highest BCUT2D eigenvalue weighted by Crippen LogP contribution is 2.31. The first-order valence-corrected chi connectivity index (χ1v) is 6.21. The first-order chi connectivity index (χ1) is 8.74. The van der Waals surface area contributed by atoms with Crippen LogP contribution in [-0.2, 0) is 20.1 Å². The molecule has 0 aliphatic heterocycles. The lowest BCUT2D eigenvalue weighted by atomic mass is 10.1. The molecule has 3 rings (SSSR count). The molecular weight excluding hydrogens is 226 g/mol. The Kier molecular flexibility index (Phi) is 2.80. The highest BCUT2D eigenvalue weighted by Gasteiger charge is 2.19. The monoisotopic (exact) mass is 243 g/mol. The molecule has 4 heteroatoms. The SMILES string of the molecule is Cn1ccnc1COc1ccc2c(c1)CC[C@@H]2N. The molecule has 1 aromatic carbocycles. The summed E-state index contributed by atoms with van der Waals surface area (Å²) in [5.74, 6) is 1.82. The number of nitrogens with zero attached hydrogens (tertiary/aromatic N) is 2. The fourth-order valence-electron chi connectivity index (χ4n) is 2.40. The Morgan fingerprint density at radius 2 is 2.39 bits per heavy atom. The molecule has 1 heterocycles. The summed E-state index contributed by atoms with van der Waals surface area (Å²) in [5.41, 5.74) is 8.60. The molecule has 2 aromatic rings. The number of ether oxygens (including phenoxy) is 1. The Balaban J connectivity index is 1.73. The standard InChI is InChI=1S/C14H17N3O/c1-17-7-6-16-14(17)9-18-11-3-4-12-10(8-11)2-5-13(12)15/h3-4,6-8,13H,2,5,9,15H2,1H3/t13-/m0/s1. The maximum Gasteiger partial charge on any atom is 0.146 e. The molecule has 0 amide bonds. The van der Waals surface area contributed by atoms with Gasteiger partial charge in [-0.25, -0.2) is 4.98 Å². The van der Waals surface area contributed by atoms with E-state index in [1.165, 1.54) is 11.1 Å². The molecule has 0 fully saturated rings. The predicted octanol–water partition coefficient (Wildman–Crippen LogP) is 1.95. The molecule has 0 spiro atoms. The largest absolute Gasteiger partial charge is 0.486 e. The molecule has 2 N–H and O–H groups in total. The quantitative estimate of drug-likeness (QED) is 0.896. The van der Waals surface area contributed by atoms with E-state index in [4.69, 9.17) is 10.5 Å². The van der Waals surface area contributed by atoms with Gasteiger partial charge >= 0.3 is 0 Å². The Hall–Kier alpha value is -1.81. The number of fused-ring (bicyclic) bond motifs is 1. The van der Waals surface area contributed by atoms with Gasteiger partial charge in [-0.15, -0.1) is 0 Å². The summed E-state index contributed by atoms with van der Waals surface area (Å²) in [6.07, 6.45) is 5.79. The van der Waals surface area contributed by atoms with Crippen LogP contribution in [0.3, 0.4) is 0 Å². The number of hydrogen-bond donors (Lipinski definition) is 1. The van der Waals surface area contributed by atoms with Gasteiger partial charge in [0.25, 0.3) is 0 Å². The first-order valence-electron chi connectivity index (χ1n) is 6.21. The number of rotatable bonds is 3. The van der Waals surface area contributed by atoms with E-state index in [0.29, 0.717) is 6.61 Å². The molecule has 0 bridgehead atoms. The van der Waals surface area contributed by atoms with Crippen LogP contribution in [-0.4, -0.2) is 9.55 Å². The average Bonchev–Trinajstić information content (AvgIpc) is 2.94. The van der Waals surface area contributed by atoms with Gasteiger partial charge in [-0.3, -0.25) is 0 Å². The van der Waals surface area contributed by atoms with Crippen molar-refractivity contribution in [1.82, 2.24) is 9.55 Å². The van der Waals surface area contributed by atoms with E-state index in [1.54, 1.807) is 6.20 Å². The minimum absolute atomic E-state index is 0.198. The van der Waals surface area contributed by atoms with Crippen molar-refractivity contribution < 1.29 is 4.74 Å². The zero-order chi connectivity index (χ0) is 12.5. The van der Waals surface area contributed by atoms with Crippen molar-refractivity contribution >= 4 is 0 Å². The Labute approximate surface area is 106 Å². The maximum absolute atomic E-state index is 6.01. The van der Waals surface area contributed by atoms with Crippen LogP contribution in [0.4, 0.5) is 0 Å².